The van der Waals surface area contributed by atoms with Gasteiger partial charge in [-0.2, -0.15) is 16.1 Å². The second-order valence-corrected chi connectivity index (χ2v) is 5.28. The Hall–Kier alpha value is -0.290. The molecule has 0 radical (unpaired) electrons. The van der Waals surface area contributed by atoms with Crippen LogP contribution < -0.4 is 5.32 Å². The lowest BCUT2D eigenvalue weighted by Gasteiger charge is -2.09. The SMILES string of the molecule is CSCC(C)Nc1nc(C(C)C)ns1. The van der Waals surface area contributed by atoms with E-state index in [4.69, 9.17) is 0 Å². The zero-order chi connectivity index (χ0) is 10.6. The first kappa shape index (κ1) is 11.8. The van der Waals surface area contributed by atoms with E-state index in [0.29, 0.717) is 12.0 Å². The molecule has 1 rings (SSSR count). The van der Waals surface area contributed by atoms with Crippen LogP contribution in [0.5, 0.6) is 0 Å². The zero-order valence-electron chi connectivity index (χ0n) is 9.07. The highest BCUT2D eigenvalue weighted by Crippen LogP contribution is 2.18. The highest BCUT2D eigenvalue weighted by molar-refractivity contribution is 7.98. The summed E-state index contributed by atoms with van der Waals surface area (Å²) in [6.07, 6.45) is 2.11. The standard InChI is InChI=1S/C9H17N3S2/c1-6(2)8-11-9(14-12-8)10-7(3)5-13-4/h6-7H,5H2,1-4H3,(H,10,11,12). The van der Waals surface area contributed by atoms with E-state index in [1.54, 1.807) is 0 Å². The topological polar surface area (TPSA) is 37.8 Å². The first-order chi connectivity index (χ1) is 6.63. The molecule has 1 heterocycles. The molecule has 0 fully saturated rings. The van der Waals surface area contributed by atoms with E-state index in [-0.39, 0.29) is 0 Å². The van der Waals surface area contributed by atoms with Gasteiger partial charge in [-0.3, -0.25) is 0 Å². The molecule has 0 aliphatic carbocycles. The summed E-state index contributed by atoms with van der Waals surface area (Å²) in [4.78, 5) is 4.42. The molecule has 0 saturated carbocycles. The summed E-state index contributed by atoms with van der Waals surface area (Å²) in [6.45, 7) is 6.38. The lowest BCUT2D eigenvalue weighted by molar-refractivity contribution is 0.796. The van der Waals surface area contributed by atoms with Crippen molar-refractivity contribution in [3.8, 4) is 0 Å². The molecule has 80 valence electrons. The van der Waals surface area contributed by atoms with Gasteiger partial charge in [-0.05, 0) is 13.2 Å². The summed E-state index contributed by atoms with van der Waals surface area (Å²) >= 11 is 3.29. The van der Waals surface area contributed by atoms with Crippen LogP contribution in [0.1, 0.15) is 32.5 Å². The number of nitrogens with one attached hydrogen (secondary N) is 1. The fourth-order valence-corrected chi connectivity index (χ4v) is 2.43. The van der Waals surface area contributed by atoms with Gasteiger partial charge < -0.3 is 5.32 Å². The lowest BCUT2D eigenvalue weighted by atomic mass is 10.2. The molecule has 14 heavy (non-hydrogen) atoms. The third-order valence-electron chi connectivity index (χ3n) is 1.74. The molecule has 0 amide bonds. The quantitative estimate of drug-likeness (QED) is 0.845. The van der Waals surface area contributed by atoms with Crippen LogP contribution in [0.3, 0.4) is 0 Å². The predicted molar refractivity (Wildman–Crippen MR) is 65.5 cm³/mol. The van der Waals surface area contributed by atoms with Crippen molar-refractivity contribution >= 4 is 28.4 Å². The molecule has 0 aliphatic heterocycles. The Morgan fingerprint density at radius 1 is 1.43 bits per heavy atom. The van der Waals surface area contributed by atoms with Gasteiger partial charge in [0.25, 0.3) is 0 Å². The molecule has 3 nitrogen and oxygen atoms in total. The third kappa shape index (κ3) is 3.46. The highest BCUT2D eigenvalue weighted by atomic mass is 32.2. The van der Waals surface area contributed by atoms with Crippen molar-refractivity contribution in [1.29, 1.82) is 0 Å². The normalized spacial score (nSPS) is 13.2. The zero-order valence-corrected chi connectivity index (χ0v) is 10.7. The summed E-state index contributed by atoms with van der Waals surface area (Å²) in [6, 6.07) is 0.456. The predicted octanol–water partition coefficient (Wildman–Crippen LogP) is 2.82. The van der Waals surface area contributed by atoms with Crippen LogP contribution in [0, 0.1) is 0 Å². The lowest BCUT2D eigenvalue weighted by Crippen LogP contribution is -2.17. The summed E-state index contributed by atoms with van der Waals surface area (Å²) in [5.74, 6) is 2.45. The Balaban J connectivity index is 2.51. The molecule has 1 aromatic rings. The molecular weight excluding hydrogens is 214 g/mol. The van der Waals surface area contributed by atoms with Crippen LogP contribution in [0.25, 0.3) is 0 Å². The van der Waals surface area contributed by atoms with Crippen LogP contribution in [0.15, 0.2) is 0 Å². The summed E-state index contributed by atoms with van der Waals surface area (Å²) in [5, 5.41) is 4.28. The van der Waals surface area contributed by atoms with Crippen molar-refractivity contribution in [2.75, 3.05) is 17.3 Å². The number of nitrogens with zero attached hydrogens (tertiary/aromatic N) is 2. The first-order valence-electron chi connectivity index (χ1n) is 4.72. The van der Waals surface area contributed by atoms with Crippen LogP contribution in [0.2, 0.25) is 0 Å². The molecule has 0 spiro atoms. The molecular formula is C9H17N3S2. The van der Waals surface area contributed by atoms with E-state index in [9.17, 15) is 0 Å². The Morgan fingerprint density at radius 2 is 2.14 bits per heavy atom. The molecule has 1 atom stereocenters. The first-order valence-corrected chi connectivity index (χ1v) is 6.89. The smallest absolute Gasteiger partial charge is 0.202 e. The van der Waals surface area contributed by atoms with E-state index in [2.05, 4.69) is 41.7 Å². The maximum Gasteiger partial charge on any atom is 0.202 e. The molecule has 0 aliphatic rings. The van der Waals surface area contributed by atoms with Crippen molar-refractivity contribution in [2.45, 2.75) is 32.7 Å². The van der Waals surface area contributed by atoms with E-state index in [0.717, 1.165) is 16.7 Å². The largest absolute Gasteiger partial charge is 0.357 e. The Kier molecular flexibility index (Phi) is 4.68. The number of thioether (sulfide) groups is 1. The number of rotatable bonds is 5. The maximum atomic E-state index is 4.42. The van der Waals surface area contributed by atoms with Gasteiger partial charge in [0.15, 0.2) is 0 Å². The average Bonchev–Trinajstić information content (AvgIpc) is 2.53. The van der Waals surface area contributed by atoms with Gasteiger partial charge in [-0.25, -0.2) is 4.98 Å². The minimum absolute atomic E-state index is 0.414. The Labute approximate surface area is 93.9 Å². The summed E-state index contributed by atoms with van der Waals surface area (Å²) in [5.41, 5.74) is 0. The Bertz CT molecular complexity index is 273. The molecule has 0 aromatic carbocycles. The average molecular weight is 231 g/mol. The van der Waals surface area contributed by atoms with Gasteiger partial charge in [0, 0.05) is 29.2 Å². The fourth-order valence-electron chi connectivity index (χ4n) is 1.03. The van der Waals surface area contributed by atoms with Gasteiger partial charge >= 0.3 is 0 Å². The fraction of sp³-hybridized carbons (Fsp3) is 0.778. The second kappa shape index (κ2) is 5.56. The van der Waals surface area contributed by atoms with Crippen LogP contribution in [-0.2, 0) is 0 Å². The summed E-state index contributed by atoms with van der Waals surface area (Å²) < 4.78 is 4.29. The van der Waals surface area contributed by atoms with Crippen LogP contribution in [0.4, 0.5) is 5.13 Å². The number of aromatic nitrogens is 2. The van der Waals surface area contributed by atoms with Crippen molar-refractivity contribution in [2.24, 2.45) is 0 Å². The minimum atomic E-state index is 0.414. The second-order valence-electron chi connectivity index (χ2n) is 3.61. The van der Waals surface area contributed by atoms with Crippen molar-refractivity contribution in [3.63, 3.8) is 0 Å². The molecule has 1 N–H and O–H groups in total. The highest BCUT2D eigenvalue weighted by Gasteiger charge is 2.09. The van der Waals surface area contributed by atoms with Gasteiger partial charge in [-0.1, -0.05) is 13.8 Å². The molecule has 5 heteroatoms. The van der Waals surface area contributed by atoms with Crippen molar-refractivity contribution in [1.82, 2.24) is 9.36 Å². The monoisotopic (exact) mass is 231 g/mol. The van der Waals surface area contributed by atoms with Crippen LogP contribution in [-0.4, -0.2) is 27.4 Å². The van der Waals surface area contributed by atoms with Gasteiger partial charge in [0.2, 0.25) is 5.13 Å². The third-order valence-corrected chi connectivity index (χ3v) is 3.24. The molecule has 0 saturated heterocycles. The number of hydrogen-bond donors (Lipinski definition) is 1. The Morgan fingerprint density at radius 3 is 2.64 bits per heavy atom. The molecule has 1 unspecified atom stereocenters. The van der Waals surface area contributed by atoms with E-state index >= 15 is 0 Å². The van der Waals surface area contributed by atoms with Crippen molar-refractivity contribution < 1.29 is 0 Å². The van der Waals surface area contributed by atoms with E-state index in [1.807, 2.05) is 11.8 Å². The van der Waals surface area contributed by atoms with Gasteiger partial charge in [0.05, 0.1) is 0 Å². The number of hydrogen-bond acceptors (Lipinski definition) is 5. The van der Waals surface area contributed by atoms with E-state index < -0.39 is 0 Å². The summed E-state index contributed by atoms with van der Waals surface area (Å²) in [7, 11) is 0. The van der Waals surface area contributed by atoms with Crippen molar-refractivity contribution in [3.05, 3.63) is 5.82 Å². The number of anilines is 1. The van der Waals surface area contributed by atoms with E-state index in [1.165, 1.54) is 11.5 Å². The molecule has 0 bridgehead atoms. The molecule has 1 aromatic heterocycles. The maximum absolute atomic E-state index is 4.42. The van der Waals surface area contributed by atoms with Gasteiger partial charge in [-0.15, -0.1) is 0 Å². The minimum Gasteiger partial charge on any atom is -0.357 e. The van der Waals surface area contributed by atoms with Gasteiger partial charge in [0.1, 0.15) is 5.82 Å². The van der Waals surface area contributed by atoms with Crippen LogP contribution >= 0.6 is 23.3 Å².